The molecule has 1 aromatic heterocycles. The number of benzene rings is 4. The maximum absolute atomic E-state index is 15.4. The van der Waals surface area contributed by atoms with Gasteiger partial charge in [-0.1, -0.05) is 103 Å². The zero-order chi connectivity index (χ0) is 37.4. The lowest BCUT2D eigenvalue weighted by molar-refractivity contribution is -0.163. The van der Waals surface area contributed by atoms with E-state index in [9.17, 15) is 14.7 Å². The Labute approximate surface area is 313 Å². The van der Waals surface area contributed by atoms with Crippen LogP contribution < -0.4 is 20.7 Å². The zero-order valence-corrected chi connectivity index (χ0v) is 31.0. The molecule has 8 nitrogen and oxygen atoms in total. The predicted octanol–water partition coefficient (Wildman–Crippen LogP) is 5.41. The maximum atomic E-state index is 15.4. The number of β-lactam (4-membered cyclic amide) rings is 1. The molecule has 2 heterocycles. The Hall–Kier alpha value is -5.02. The zero-order valence-electron chi connectivity index (χ0n) is 29.3. The Morgan fingerprint density at radius 2 is 1.38 bits per heavy atom. The number of carbonyl (C=O) groups excluding carboxylic acids is 3. The van der Waals surface area contributed by atoms with Gasteiger partial charge in [0.05, 0.1) is 36.8 Å². The number of Topliss-reactive ketones (excluding diaryl/α,β-unsaturated/α-hetero) is 1. The third-order valence-electron chi connectivity index (χ3n) is 9.42. The van der Waals surface area contributed by atoms with Gasteiger partial charge in [-0.25, -0.2) is 4.79 Å². The normalized spacial score (nSPS) is 16.6. The summed E-state index contributed by atoms with van der Waals surface area (Å²) in [4.78, 5) is 49.7. The van der Waals surface area contributed by atoms with Crippen LogP contribution in [0.1, 0.15) is 12.5 Å². The summed E-state index contributed by atoms with van der Waals surface area (Å²) in [6.45, 7) is -3.13. The molecule has 0 radical (unpaired) electrons. The van der Waals surface area contributed by atoms with Gasteiger partial charge in [0, 0.05) is 24.2 Å². The smallest absolute Gasteiger partial charge is 0.356 e. The molecule has 4 aromatic carbocycles. The number of amides is 1. The Morgan fingerprint density at radius 1 is 0.849 bits per heavy atom. The van der Waals surface area contributed by atoms with Crippen molar-refractivity contribution in [1.29, 1.82) is 0 Å². The number of rotatable bonds is 15. The Bertz CT molecular complexity index is 1970. The average molecular weight is 751 g/mol. The van der Waals surface area contributed by atoms with E-state index in [-0.39, 0.29) is 17.8 Å². The quantitative estimate of drug-likeness (QED) is 0.0656. The van der Waals surface area contributed by atoms with E-state index in [2.05, 4.69) is 4.98 Å². The van der Waals surface area contributed by atoms with E-state index in [0.717, 1.165) is 20.8 Å². The van der Waals surface area contributed by atoms with Crippen LogP contribution in [0.3, 0.4) is 0 Å². The van der Waals surface area contributed by atoms with Crippen molar-refractivity contribution in [1.82, 2.24) is 9.88 Å². The molecule has 1 saturated heterocycles. The number of methoxy groups -OCH3 is 1. The first kappa shape index (κ1) is 37.7. The molecule has 1 aliphatic heterocycles. The first-order valence-electron chi connectivity index (χ1n) is 17.2. The van der Waals surface area contributed by atoms with Gasteiger partial charge in [-0.3, -0.25) is 19.0 Å². The molecular weight excluding hydrogens is 711 g/mol. The Kier molecular flexibility index (Phi) is 12.2. The summed E-state index contributed by atoms with van der Waals surface area (Å²) in [5.74, 6) is -3.74. The molecule has 1 amide bonds. The third-order valence-corrected chi connectivity index (χ3v) is 14.7. The van der Waals surface area contributed by atoms with Gasteiger partial charge in [0.1, 0.15) is 24.4 Å². The molecule has 0 aliphatic carbocycles. The van der Waals surface area contributed by atoms with Crippen molar-refractivity contribution in [2.75, 3.05) is 19.5 Å². The molecular formula is C42H40FN2O6PS. The number of ether oxygens (including phenoxy) is 2. The van der Waals surface area contributed by atoms with Crippen molar-refractivity contribution in [3.63, 3.8) is 0 Å². The topological polar surface area (TPSA) is 106 Å². The Morgan fingerprint density at radius 3 is 1.85 bits per heavy atom. The second kappa shape index (κ2) is 17.2. The number of halogens is 1. The van der Waals surface area contributed by atoms with Crippen LogP contribution in [0.4, 0.5) is 4.39 Å². The molecule has 5 aromatic rings. The standard InChI is InChI=1S/C42H40FN2O6PS/c1-29(46)38-39(36(26-43)37(47)28-53-35-22-24-44-25-23-35)45(40(38)48)41(42(49)51-27-30-18-20-31(50-2)21-19-30)52(32-12-6-3-7-13-32,33-14-8-4-9-15-33)34-16-10-5-11-17-34/h3-25,29,36,38-39,46H,26-28H2,1-2H3/t29-,36+,38-,39-/m1/s1. The van der Waals surface area contributed by atoms with Crippen LogP contribution >= 0.6 is 18.6 Å². The number of aliphatic hydroxyl groups excluding tert-OH is 1. The highest BCUT2D eigenvalue weighted by Gasteiger charge is 2.59. The molecule has 0 unspecified atom stereocenters. The molecule has 272 valence electrons. The molecule has 4 atom stereocenters. The minimum absolute atomic E-state index is 0.00884. The van der Waals surface area contributed by atoms with Gasteiger partial charge in [-0.15, -0.1) is 11.8 Å². The number of nitrogens with zero attached hydrogens (tertiary/aromatic N) is 2. The highest BCUT2D eigenvalue weighted by Crippen LogP contribution is 2.50. The van der Waals surface area contributed by atoms with Gasteiger partial charge in [0.15, 0.2) is 5.78 Å². The van der Waals surface area contributed by atoms with Crippen molar-refractivity contribution in [3.8, 4) is 5.75 Å². The lowest BCUT2D eigenvalue weighted by Crippen LogP contribution is -2.71. The summed E-state index contributed by atoms with van der Waals surface area (Å²) in [6, 6.07) is 37.7. The fraction of sp³-hybridized carbons (Fsp3) is 0.214. The van der Waals surface area contributed by atoms with Crippen molar-refractivity contribution in [2.24, 2.45) is 11.8 Å². The lowest BCUT2D eigenvalue weighted by Gasteiger charge is -2.52. The predicted molar refractivity (Wildman–Crippen MR) is 208 cm³/mol. The van der Waals surface area contributed by atoms with Crippen LogP contribution in [0.25, 0.3) is 0 Å². The van der Waals surface area contributed by atoms with Crippen LogP contribution in [-0.4, -0.2) is 69.8 Å². The summed E-state index contributed by atoms with van der Waals surface area (Å²) in [5.41, 5.74) is 0.689. The maximum Gasteiger partial charge on any atom is 0.356 e. The van der Waals surface area contributed by atoms with Crippen LogP contribution in [0.5, 0.6) is 5.75 Å². The molecule has 0 spiro atoms. The summed E-state index contributed by atoms with van der Waals surface area (Å²) >= 11 is 1.23. The van der Waals surface area contributed by atoms with Crippen molar-refractivity contribution < 1.29 is 33.4 Å². The minimum atomic E-state index is -3.35. The van der Waals surface area contributed by atoms with Gasteiger partial charge in [-0.2, -0.15) is 0 Å². The van der Waals surface area contributed by atoms with Crippen molar-refractivity contribution in [3.05, 3.63) is 145 Å². The van der Waals surface area contributed by atoms with Crippen molar-refractivity contribution >= 4 is 57.6 Å². The second-order valence-corrected chi connectivity index (χ2v) is 17.0. The number of esters is 1. The first-order valence-corrected chi connectivity index (χ1v) is 19.9. The molecule has 0 saturated carbocycles. The monoisotopic (exact) mass is 750 g/mol. The Balaban J connectivity index is 1.60. The molecule has 1 N–H and O–H groups in total. The van der Waals surface area contributed by atoms with Crippen LogP contribution in [-0.2, 0) is 25.7 Å². The molecule has 53 heavy (non-hydrogen) atoms. The van der Waals surface area contributed by atoms with Crippen molar-refractivity contribution in [2.45, 2.75) is 30.6 Å². The average Bonchev–Trinajstić information content (AvgIpc) is 3.20. The summed E-state index contributed by atoms with van der Waals surface area (Å²) in [5, 5.41) is 13.3. The number of carbonyl (C=O) groups is 3. The summed E-state index contributed by atoms with van der Waals surface area (Å²) in [6.07, 6.45) is 1.98. The van der Waals surface area contributed by atoms with E-state index in [1.165, 1.54) is 23.6 Å². The number of thioether (sulfide) groups is 1. The fourth-order valence-electron chi connectivity index (χ4n) is 6.86. The largest absolute Gasteiger partial charge is 0.497 e. The number of hydrogen-bond donors (Lipinski definition) is 1. The van der Waals surface area contributed by atoms with E-state index in [4.69, 9.17) is 9.47 Å². The van der Waals surface area contributed by atoms with Crippen LogP contribution in [0.2, 0.25) is 0 Å². The van der Waals surface area contributed by atoms with E-state index >= 15 is 9.18 Å². The summed E-state index contributed by atoms with van der Waals surface area (Å²) in [7, 11) is 1.56. The van der Waals surface area contributed by atoms with Gasteiger partial charge in [-0.05, 0) is 52.7 Å². The third kappa shape index (κ3) is 7.72. The van der Waals surface area contributed by atoms with E-state index in [1.54, 1.807) is 55.9 Å². The molecule has 1 aliphatic rings. The number of alkyl halides is 1. The van der Waals surface area contributed by atoms with Gasteiger partial charge in [0.2, 0.25) is 5.91 Å². The number of likely N-dealkylation sites (tertiary alicyclic amines) is 1. The molecule has 0 bridgehead atoms. The number of aliphatic hydroxyl groups is 1. The number of hydrogen-bond acceptors (Lipinski definition) is 8. The van der Waals surface area contributed by atoms with E-state index in [0.29, 0.717) is 11.3 Å². The second-order valence-electron chi connectivity index (χ2n) is 12.6. The highest BCUT2D eigenvalue weighted by atomic mass is 32.2. The van der Waals surface area contributed by atoms with E-state index < -0.39 is 55.2 Å². The number of ketones is 1. The summed E-state index contributed by atoms with van der Waals surface area (Å²) < 4.78 is 26.8. The minimum Gasteiger partial charge on any atom is -0.497 e. The molecule has 6 rings (SSSR count). The van der Waals surface area contributed by atoms with Gasteiger partial charge < -0.3 is 19.5 Å². The number of pyridine rings is 1. The lowest BCUT2D eigenvalue weighted by atomic mass is 9.75. The van der Waals surface area contributed by atoms with Gasteiger partial charge in [0.25, 0.3) is 0 Å². The first-order chi connectivity index (χ1) is 25.8. The molecule has 1 fully saturated rings. The molecule has 11 heteroatoms. The van der Waals surface area contributed by atoms with Crippen LogP contribution in [0.15, 0.2) is 145 Å². The van der Waals surface area contributed by atoms with Gasteiger partial charge >= 0.3 is 5.97 Å². The SMILES string of the molecule is COc1ccc(COC(=O)C(N2C(=O)[C@H]([C@@H](C)O)[C@H]2[C@@H](CF)C(=O)CSc2ccncc2)=P(c2ccccc2)(c2ccccc2)c2ccccc2)cc1. The van der Waals surface area contributed by atoms with Crippen LogP contribution in [0, 0.1) is 11.8 Å². The number of aromatic nitrogens is 1. The fourth-order valence-corrected chi connectivity index (χ4v) is 12.1. The highest BCUT2D eigenvalue weighted by molar-refractivity contribution is 8.00. The van der Waals surface area contributed by atoms with E-state index in [1.807, 2.05) is 91.0 Å².